The molecule has 1 aliphatic carbocycles. The topological polar surface area (TPSA) is 89.9 Å². The molecule has 1 aliphatic heterocycles. The van der Waals surface area contributed by atoms with Crippen LogP contribution in [-0.4, -0.2) is 43.9 Å². The van der Waals surface area contributed by atoms with Crippen molar-refractivity contribution in [2.24, 2.45) is 0 Å². The first kappa shape index (κ1) is 25.7. The van der Waals surface area contributed by atoms with Gasteiger partial charge in [0.05, 0.1) is 18.8 Å². The third-order valence-electron chi connectivity index (χ3n) is 6.87. The summed E-state index contributed by atoms with van der Waals surface area (Å²) in [5, 5.41) is 9.16. The zero-order valence-electron chi connectivity index (χ0n) is 20.7. The number of hydrogen-bond donors (Lipinski definition) is 1. The second-order valence-electron chi connectivity index (χ2n) is 9.68. The Hall–Kier alpha value is -2.97. The van der Waals surface area contributed by atoms with Crippen LogP contribution in [0.5, 0.6) is 11.5 Å². The Morgan fingerprint density at radius 2 is 1.84 bits per heavy atom. The molecule has 0 radical (unpaired) electrons. The van der Waals surface area contributed by atoms with Crippen molar-refractivity contribution >= 4 is 27.6 Å². The normalized spacial score (nSPS) is 18.3. The lowest BCUT2D eigenvalue weighted by molar-refractivity contribution is -0.137. The van der Waals surface area contributed by atoms with Gasteiger partial charge in [-0.25, -0.2) is 8.42 Å². The third-order valence-corrected chi connectivity index (χ3v) is 9.14. The van der Waals surface area contributed by atoms with Crippen LogP contribution in [0.3, 0.4) is 0 Å². The van der Waals surface area contributed by atoms with Crippen LogP contribution < -0.4 is 9.47 Å². The minimum absolute atomic E-state index is 0.0216. The molecule has 3 aromatic rings. The number of sulfone groups is 1. The number of carboxylic acids is 1. The zero-order valence-corrected chi connectivity index (χ0v) is 22.3. The minimum atomic E-state index is -2.97. The van der Waals surface area contributed by atoms with E-state index in [1.165, 1.54) is 22.9 Å². The van der Waals surface area contributed by atoms with E-state index in [9.17, 15) is 13.2 Å². The highest BCUT2D eigenvalue weighted by molar-refractivity contribution is 7.99. The highest BCUT2D eigenvalue weighted by atomic mass is 32.2. The van der Waals surface area contributed by atoms with Crippen molar-refractivity contribution < 1.29 is 27.8 Å². The van der Waals surface area contributed by atoms with Gasteiger partial charge in [0.1, 0.15) is 27.4 Å². The van der Waals surface area contributed by atoms with Gasteiger partial charge in [-0.05, 0) is 71.3 Å². The summed E-state index contributed by atoms with van der Waals surface area (Å²) in [6.45, 7) is 0.369. The molecule has 8 heteroatoms. The SMILES string of the molecule is CS(=O)(=O)CCCOc1ccc(-c2cccc3c2CCC3Oc2ccc3c(c2)SCC3CC(=O)O)cc1. The van der Waals surface area contributed by atoms with Crippen LogP contribution in [0.1, 0.15) is 48.0 Å². The Kier molecular flexibility index (Phi) is 7.49. The van der Waals surface area contributed by atoms with Crippen LogP contribution in [0.4, 0.5) is 0 Å². The maximum absolute atomic E-state index is 11.3. The van der Waals surface area contributed by atoms with Gasteiger partial charge in [0.25, 0.3) is 0 Å². The van der Waals surface area contributed by atoms with Crippen LogP contribution in [-0.2, 0) is 21.1 Å². The third kappa shape index (κ3) is 6.13. The number of thioether (sulfide) groups is 1. The number of carbonyl (C=O) groups is 1. The standard InChI is InChI=1S/C29H30O6S2/c1-37(32,33)15-3-14-34-21-8-6-19(7-9-21)23-4-2-5-26-25(23)12-13-27(26)35-22-10-11-24-20(16-29(30)31)18-36-28(24)17-22/h2,4-11,17,20,27H,3,12-16,18H2,1H3,(H,30,31). The molecule has 5 rings (SSSR count). The van der Waals surface area contributed by atoms with E-state index in [1.54, 1.807) is 11.8 Å². The van der Waals surface area contributed by atoms with Gasteiger partial charge in [0.15, 0.2) is 0 Å². The average molecular weight is 539 g/mol. The molecule has 1 heterocycles. The molecule has 0 fully saturated rings. The molecule has 1 N–H and O–H groups in total. The molecule has 6 nitrogen and oxygen atoms in total. The fraction of sp³-hybridized carbons (Fsp3) is 0.345. The Balaban J connectivity index is 1.26. The van der Waals surface area contributed by atoms with Gasteiger partial charge in [-0.15, -0.1) is 11.8 Å². The van der Waals surface area contributed by atoms with E-state index in [4.69, 9.17) is 14.6 Å². The monoisotopic (exact) mass is 538 g/mol. The van der Waals surface area contributed by atoms with Crippen molar-refractivity contribution in [2.75, 3.05) is 24.4 Å². The lowest BCUT2D eigenvalue weighted by Gasteiger charge is -2.17. The van der Waals surface area contributed by atoms with E-state index in [2.05, 4.69) is 24.3 Å². The van der Waals surface area contributed by atoms with E-state index in [-0.39, 0.29) is 24.2 Å². The molecule has 2 unspecified atom stereocenters. The number of hydrogen-bond acceptors (Lipinski definition) is 6. The molecule has 37 heavy (non-hydrogen) atoms. The Labute approximate surface area is 221 Å². The van der Waals surface area contributed by atoms with Crippen molar-refractivity contribution in [3.05, 3.63) is 77.4 Å². The second kappa shape index (κ2) is 10.8. The number of rotatable bonds is 10. The first-order valence-corrected chi connectivity index (χ1v) is 15.5. The molecule has 0 saturated heterocycles. The van der Waals surface area contributed by atoms with Crippen LogP contribution in [0.15, 0.2) is 65.6 Å². The van der Waals surface area contributed by atoms with Crippen molar-refractivity contribution in [3.63, 3.8) is 0 Å². The summed E-state index contributed by atoms with van der Waals surface area (Å²) < 4.78 is 34.7. The molecule has 0 amide bonds. The Morgan fingerprint density at radius 3 is 2.59 bits per heavy atom. The minimum Gasteiger partial charge on any atom is -0.494 e. The summed E-state index contributed by atoms with van der Waals surface area (Å²) in [6, 6.07) is 20.3. The number of carboxylic acid groups (broad SMARTS) is 1. The van der Waals surface area contributed by atoms with Gasteiger partial charge in [-0.1, -0.05) is 36.4 Å². The van der Waals surface area contributed by atoms with E-state index in [0.717, 1.165) is 46.1 Å². The van der Waals surface area contributed by atoms with Crippen LogP contribution in [0.25, 0.3) is 11.1 Å². The van der Waals surface area contributed by atoms with E-state index < -0.39 is 15.8 Å². The van der Waals surface area contributed by atoms with Crippen LogP contribution in [0, 0.1) is 0 Å². The summed E-state index contributed by atoms with van der Waals surface area (Å²) >= 11 is 1.70. The van der Waals surface area contributed by atoms with Crippen molar-refractivity contribution in [1.82, 2.24) is 0 Å². The Morgan fingerprint density at radius 1 is 1.05 bits per heavy atom. The summed E-state index contributed by atoms with van der Waals surface area (Å²) in [4.78, 5) is 12.3. The lowest BCUT2D eigenvalue weighted by Crippen LogP contribution is -2.07. The maximum Gasteiger partial charge on any atom is 0.303 e. The smallest absolute Gasteiger partial charge is 0.303 e. The summed E-state index contributed by atoms with van der Waals surface area (Å²) in [7, 11) is -2.97. The van der Waals surface area contributed by atoms with Crippen LogP contribution in [0.2, 0.25) is 0 Å². The predicted octanol–water partition coefficient (Wildman–Crippen LogP) is 5.90. The number of fused-ring (bicyclic) bond motifs is 2. The highest BCUT2D eigenvalue weighted by Crippen LogP contribution is 2.45. The number of benzene rings is 3. The molecular weight excluding hydrogens is 508 g/mol. The first-order valence-electron chi connectivity index (χ1n) is 12.4. The molecular formula is C29H30O6S2. The van der Waals surface area contributed by atoms with E-state index in [1.807, 2.05) is 36.4 Å². The van der Waals surface area contributed by atoms with Gasteiger partial charge in [0.2, 0.25) is 0 Å². The maximum atomic E-state index is 11.3. The zero-order chi connectivity index (χ0) is 26.0. The molecule has 194 valence electrons. The molecule has 2 atom stereocenters. The molecule has 0 aromatic heterocycles. The molecule has 0 spiro atoms. The number of ether oxygens (including phenoxy) is 2. The fourth-order valence-corrected chi connectivity index (χ4v) is 7.05. The molecule has 0 saturated carbocycles. The lowest BCUT2D eigenvalue weighted by atomic mass is 9.96. The van der Waals surface area contributed by atoms with Gasteiger partial charge in [0, 0.05) is 22.8 Å². The van der Waals surface area contributed by atoms with E-state index >= 15 is 0 Å². The Bertz CT molecular complexity index is 1400. The summed E-state index contributed by atoms with van der Waals surface area (Å²) in [6.07, 6.45) is 3.68. The first-order chi connectivity index (χ1) is 17.8. The van der Waals surface area contributed by atoms with Gasteiger partial charge < -0.3 is 14.6 Å². The summed E-state index contributed by atoms with van der Waals surface area (Å²) in [5.41, 5.74) is 5.91. The van der Waals surface area contributed by atoms with Gasteiger partial charge >= 0.3 is 5.97 Å². The van der Waals surface area contributed by atoms with Gasteiger partial charge in [-0.2, -0.15) is 0 Å². The largest absolute Gasteiger partial charge is 0.494 e. The van der Waals surface area contributed by atoms with Crippen molar-refractivity contribution in [1.29, 1.82) is 0 Å². The molecule has 0 bridgehead atoms. The van der Waals surface area contributed by atoms with Crippen LogP contribution >= 0.6 is 11.8 Å². The quantitative estimate of drug-likeness (QED) is 0.322. The van der Waals surface area contributed by atoms with Gasteiger partial charge in [-0.3, -0.25) is 4.79 Å². The molecule has 2 aliphatic rings. The van der Waals surface area contributed by atoms with E-state index in [0.29, 0.717) is 13.0 Å². The van der Waals surface area contributed by atoms with Crippen molar-refractivity contribution in [3.8, 4) is 22.6 Å². The average Bonchev–Trinajstić information content (AvgIpc) is 3.45. The van der Waals surface area contributed by atoms with Crippen molar-refractivity contribution in [2.45, 2.75) is 42.6 Å². The second-order valence-corrected chi connectivity index (χ2v) is 13.0. The fourth-order valence-electron chi connectivity index (χ4n) is 5.13. The number of aliphatic carboxylic acids is 1. The predicted molar refractivity (Wildman–Crippen MR) is 146 cm³/mol. The summed E-state index contributed by atoms with van der Waals surface area (Å²) in [5.74, 6) is 1.77. The molecule has 3 aromatic carbocycles. The highest BCUT2D eigenvalue weighted by Gasteiger charge is 2.29.